The minimum Gasteiger partial charge on any atom is -0.497 e. The number of benzene rings is 4. The number of nitrogens with zero attached hydrogens (tertiary/aromatic N) is 2. The number of sulfonamides is 1. The summed E-state index contributed by atoms with van der Waals surface area (Å²) in [5.74, 6) is -4.18. The number of Topliss-reactive ketones (excluding diaryl/α,β-unsaturated/α-hetero) is 1. The van der Waals surface area contributed by atoms with Gasteiger partial charge in [0, 0.05) is 43.6 Å². The van der Waals surface area contributed by atoms with Gasteiger partial charge in [-0.05, 0) is 117 Å². The fourth-order valence-electron chi connectivity index (χ4n) is 7.05. The quantitative estimate of drug-likeness (QED) is 0.152. The molecule has 0 saturated carbocycles. The minimum absolute atomic E-state index is 0.0101. The highest BCUT2D eigenvalue weighted by Crippen LogP contribution is 2.33. The number of rotatable bonds is 12. The van der Waals surface area contributed by atoms with E-state index in [1.165, 1.54) is 64.8 Å². The molecule has 1 saturated heterocycles. The molecule has 1 aliphatic rings. The lowest BCUT2D eigenvalue weighted by molar-refractivity contribution is -0.120. The van der Waals surface area contributed by atoms with Gasteiger partial charge in [-0.3, -0.25) is 4.79 Å². The average molecular weight is 784 g/mol. The average Bonchev–Trinajstić information content (AvgIpc) is 3.10. The molecule has 0 radical (unpaired) electrons. The second kappa shape index (κ2) is 16.9. The van der Waals surface area contributed by atoms with Crippen molar-refractivity contribution < 1.29 is 45.0 Å². The van der Waals surface area contributed by atoms with Crippen molar-refractivity contribution in [3.05, 3.63) is 130 Å². The molecule has 0 aromatic heterocycles. The predicted octanol–water partition coefficient (Wildman–Crippen LogP) is 7.15. The molecule has 294 valence electrons. The molecule has 1 amide bonds. The molecular weight excluding hydrogens is 739 g/mol. The number of halogens is 4. The molecule has 4 aromatic carbocycles. The summed E-state index contributed by atoms with van der Waals surface area (Å²) >= 11 is 0. The number of piperazine rings is 1. The van der Waals surface area contributed by atoms with Gasteiger partial charge in [0.1, 0.15) is 34.6 Å². The Hall–Kier alpha value is -4.79. The van der Waals surface area contributed by atoms with Crippen LogP contribution in [0.5, 0.6) is 5.75 Å². The van der Waals surface area contributed by atoms with Crippen LogP contribution >= 0.6 is 0 Å². The van der Waals surface area contributed by atoms with E-state index in [2.05, 4.69) is 0 Å². The Morgan fingerprint density at radius 3 is 2.11 bits per heavy atom. The zero-order valence-corrected chi connectivity index (χ0v) is 32.1. The number of ether oxygens (including phenoxy) is 2. The first-order valence-electron chi connectivity index (χ1n) is 17.8. The Morgan fingerprint density at radius 2 is 1.51 bits per heavy atom. The molecule has 9 nitrogen and oxygen atoms in total. The maximum absolute atomic E-state index is 15.7. The van der Waals surface area contributed by atoms with E-state index < -0.39 is 74.8 Å². The summed E-state index contributed by atoms with van der Waals surface area (Å²) in [5.41, 5.74) is 6.53. The Kier molecular flexibility index (Phi) is 12.7. The highest BCUT2D eigenvalue weighted by molar-refractivity contribution is 7.89. The van der Waals surface area contributed by atoms with Gasteiger partial charge < -0.3 is 20.1 Å². The van der Waals surface area contributed by atoms with Gasteiger partial charge in [0.25, 0.3) is 0 Å². The molecule has 5 rings (SSSR count). The van der Waals surface area contributed by atoms with E-state index in [1.807, 2.05) is 0 Å². The molecule has 0 bridgehead atoms. The van der Waals surface area contributed by atoms with Crippen molar-refractivity contribution >= 4 is 21.9 Å². The predicted molar refractivity (Wildman–Crippen MR) is 199 cm³/mol. The highest BCUT2D eigenvalue weighted by Gasteiger charge is 2.43. The molecular formula is C41H45F4N3O6S. The molecule has 55 heavy (non-hydrogen) atoms. The monoisotopic (exact) mass is 783 g/mol. The van der Waals surface area contributed by atoms with Gasteiger partial charge in [-0.2, -0.15) is 4.31 Å². The number of carbonyl (C=O) groups excluding carboxylic acids is 2. The first kappa shape index (κ1) is 41.4. The largest absolute Gasteiger partial charge is 0.497 e. The van der Waals surface area contributed by atoms with E-state index in [9.17, 15) is 31.2 Å². The standard InChI is InChI=1S/C41H45F4N3O6S/c1-25-23-47(40(50)54-41(2,3)4)24-32(48(25)55(51,52)34-16-14-33(53-5)15-17-34)13-18-35-27(7-6-8-36(35)45)21-37(49)39(46)38(26-9-11-29(42)12-10-26)28-19-30(43)22-31(44)20-28/h6-12,14-17,19-20,22,25,32,38-39H,13,18,21,23-24,46H2,1-5H3/t25-,32+,38+,39-/m1/s1. The van der Waals surface area contributed by atoms with Crippen molar-refractivity contribution in [2.45, 2.75) is 81.5 Å². The Bertz CT molecular complexity index is 2090. The van der Waals surface area contributed by atoms with Crippen molar-refractivity contribution in [2.24, 2.45) is 5.73 Å². The summed E-state index contributed by atoms with van der Waals surface area (Å²) in [6, 6.07) is 15.0. The van der Waals surface area contributed by atoms with Crippen LogP contribution < -0.4 is 10.5 Å². The molecule has 0 unspecified atom stereocenters. The highest BCUT2D eigenvalue weighted by atomic mass is 32.2. The van der Waals surface area contributed by atoms with E-state index >= 15 is 4.39 Å². The number of nitrogens with two attached hydrogens (primary N) is 1. The lowest BCUT2D eigenvalue weighted by Crippen LogP contribution is -2.61. The third kappa shape index (κ3) is 9.91. The third-order valence-electron chi connectivity index (χ3n) is 9.51. The lowest BCUT2D eigenvalue weighted by Gasteiger charge is -2.44. The van der Waals surface area contributed by atoms with Crippen LogP contribution in [-0.4, -0.2) is 73.4 Å². The fourth-order valence-corrected chi connectivity index (χ4v) is 8.88. The number of ketones is 1. The van der Waals surface area contributed by atoms with Crippen LogP contribution in [0.15, 0.2) is 89.8 Å². The smallest absolute Gasteiger partial charge is 0.410 e. The number of methoxy groups -OCH3 is 1. The Balaban J connectivity index is 1.45. The van der Waals surface area contributed by atoms with Crippen molar-refractivity contribution in [2.75, 3.05) is 20.2 Å². The zero-order chi connectivity index (χ0) is 40.2. The molecule has 4 aromatic rings. The molecule has 14 heteroatoms. The topological polar surface area (TPSA) is 119 Å². The number of hydrogen-bond acceptors (Lipinski definition) is 7. The van der Waals surface area contributed by atoms with Crippen LogP contribution in [-0.2, 0) is 32.4 Å². The van der Waals surface area contributed by atoms with Crippen LogP contribution in [0.4, 0.5) is 22.4 Å². The van der Waals surface area contributed by atoms with Gasteiger partial charge >= 0.3 is 6.09 Å². The zero-order valence-electron chi connectivity index (χ0n) is 31.3. The van der Waals surface area contributed by atoms with Gasteiger partial charge in [-0.1, -0.05) is 24.3 Å². The second-order valence-electron chi connectivity index (χ2n) is 14.7. The summed E-state index contributed by atoms with van der Waals surface area (Å²) in [6.45, 7) is 6.85. The second-order valence-corrected chi connectivity index (χ2v) is 16.6. The SMILES string of the molecule is COc1ccc(S(=O)(=O)N2[C@@H](CCc3c(F)cccc3CC(=O)[C@@H](N)[C@@H](c3ccc(F)cc3)c3cc(F)cc(F)c3)CN(C(=O)OC(C)(C)C)C[C@H]2C)cc1. The van der Waals surface area contributed by atoms with Crippen LogP contribution in [0.25, 0.3) is 0 Å². The van der Waals surface area contributed by atoms with Crippen LogP contribution in [0.2, 0.25) is 0 Å². The van der Waals surface area contributed by atoms with Crippen molar-refractivity contribution in [1.29, 1.82) is 0 Å². The minimum atomic E-state index is -4.14. The maximum Gasteiger partial charge on any atom is 0.410 e. The van der Waals surface area contributed by atoms with Gasteiger partial charge in [-0.25, -0.2) is 30.8 Å². The van der Waals surface area contributed by atoms with Gasteiger partial charge in [-0.15, -0.1) is 0 Å². The third-order valence-corrected chi connectivity index (χ3v) is 11.6. The Labute approximate surface area is 319 Å². The molecule has 0 spiro atoms. The summed E-state index contributed by atoms with van der Waals surface area (Å²) in [4.78, 5) is 28.6. The van der Waals surface area contributed by atoms with E-state index in [-0.39, 0.29) is 53.9 Å². The van der Waals surface area contributed by atoms with E-state index in [1.54, 1.807) is 33.8 Å². The molecule has 2 N–H and O–H groups in total. The van der Waals surface area contributed by atoms with Crippen LogP contribution in [0, 0.1) is 23.3 Å². The number of amides is 1. The van der Waals surface area contributed by atoms with Crippen LogP contribution in [0.1, 0.15) is 62.3 Å². The van der Waals surface area contributed by atoms with Gasteiger partial charge in [0.05, 0.1) is 18.0 Å². The number of hydrogen-bond donors (Lipinski definition) is 1. The first-order chi connectivity index (χ1) is 25.9. The van der Waals surface area contributed by atoms with Crippen LogP contribution in [0.3, 0.4) is 0 Å². The molecule has 4 atom stereocenters. The van der Waals surface area contributed by atoms with E-state index in [0.717, 1.165) is 24.3 Å². The van der Waals surface area contributed by atoms with Gasteiger partial charge in [0.15, 0.2) is 5.78 Å². The summed E-state index contributed by atoms with van der Waals surface area (Å²) in [7, 11) is -2.67. The summed E-state index contributed by atoms with van der Waals surface area (Å²) < 4.78 is 98.8. The molecule has 1 heterocycles. The van der Waals surface area contributed by atoms with E-state index in [4.69, 9.17) is 15.2 Å². The summed E-state index contributed by atoms with van der Waals surface area (Å²) in [5, 5.41) is 0. The number of carbonyl (C=O) groups is 2. The van der Waals surface area contributed by atoms with Crippen molar-refractivity contribution in [3.63, 3.8) is 0 Å². The molecule has 1 fully saturated rings. The molecule has 0 aliphatic carbocycles. The molecule has 1 aliphatic heterocycles. The first-order valence-corrected chi connectivity index (χ1v) is 19.2. The fraction of sp³-hybridized carbons (Fsp3) is 0.366. The van der Waals surface area contributed by atoms with Crippen molar-refractivity contribution in [3.8, 4) is 5.75 Å². The lowest BCUT2D eigenvalue weighted by atomic mass is 9.82. The Morgan fingerprint density at radius 1 is 0.873 bits per heavy atom. The normalized spacial score (nSPS) is 17.7. The maximum atomic E-state index is 15.7. The summed E-state index contributed by atoms with van der Waals surface area (Å²) in [6.07, 6.45) is -0.975. The van der Waals surface area contributed by atoms with Gasteiger partial charge in [0.2, 0.25) is 10.0 Å². The van der Waals surface area contributed by atoms with E-state index in [0.29, 0.717) is 17.4 Å². The van der Waals surface area contributed by atoms with Crippen molar-refractivity contribution in [1.82, 2.24) is 9.21 Å².